The Morgan fingerprint density at radius 1 is 1.42 bits per heavy atom. The molecule has 0 aliphatic heterocycles. The van der Waals surface area contributed by atoms with Crippen molar-refractivity contribution in [2.75, 3.05) is 0 Å². The first-order valence-corrected chi connectivity index (χ1v) is 6.19. The van der Waals surface area contributed by atoms with Crippen LogP contribution in [0, 0.1) is 19.5 Å². The number of non-ortho nitro benzene ring substituents is 1. The Bertz CT molecular complexity index is 702. The van der Waals surface area contributed by atoms with Crippen LogP contribution in [0.5, 0.6) is 0 Å². The average molecular weight is 375 g/mol. The van der Waals surface area contributed by atoms with Crippen molar-refractivity contribution in [1.29, 1.82) is 0 Å². The summed E-state index contributed by atoms with van der Waals surface area (Å²) in [5.74, 6) is -0.712. The average Bonchev–Trinajstić information content (AvgIpc) is 2.34. The minimum atomic E-state index is -0.712. The van der Waals surface area contributed by atoms with Crippen LogP contribution in [0.4, 0.5) is 10.1 Å². The van der Waals surface area contributed by atoms with Gasteiger partial charge in [0, 0.05) is 12.3 Å². The van der Waals surface area contributed by atoms with Gasteiger partial charge >= 0.3 is 0 Å². The van der Waals surface area contributed by atoms with E-state index in [1.165, 1.54) is 23.2 Å². The molecule has 0 amide bonds. The summed E-state index contributed by atoms with van der Waals surface area (Å²) in [6, 6.07) is 3.22. The van der Waals surface area contributed by atoms with Crippen LogP contribution in [0.1, 0.15) is 5.56 Å². The first-order chi connectivity index (χ1) is 8.97. The molecule has 98 valence electrons. The normalized spacial score (nSPS) is 10.4. The molecule has 0 aliphatic carbocycles. The molecule has 0 saturated carbocycles. The summed E-state index contributed by atoms with van der Waals surface area (Å²) >= 11 is 1.84. The van der Waals surface area contributed by atoms with Crippen LogP contribution in [0.25, 0.3) is 0 Å². The van der Waals surface area contributed by atoms with E-state index in [1.54, 1.807) is 0 Å². The number of nitro benzene ring substituents is 1. The lowest BCUT2D eigenvalue weighted by Gasteiger charge is -2.05. The molecule has 0 spiro atoms. The van der Waals surface area contributed by atoms with Crippen LogP contribution in [-0.2, 0) is 6.54 Å². The van der Waals surface area contributed by atoms with E-state index >= 15 is 0 Å². The molecule has 0 N–H and O–H groups in total. The molecule has 1 heterocycles. The van der Waals surface area contributed by atoms with Crippen LogP contribution in [0.2, 0.25) is 0 Å². The lowest BCUT2D eigenvalue weighted by molar-refractivity contribution is -0.385. The minimum absolute atomic E-state index is 0.0290. The second-order valence-corrected chi connectivity index (χ2v) is 4.91. The highest BCUT2D eigenvalue weighted by Gasteiger charge is 2.11. The molecule has 8 heteroatoms. The Labute approximate surface area is 120 Å². The van der Waals surface area contributed by atoms with E-state index in [2.05, 4.69) is 4.98 Å². The van der Waals surface area contributed by atoms with Gasteiger partial charge in [-0.15, -0.1) is 0 Å². The van der Waals surface area contributed by atoms with Gasteiger partial charge in [-0.05, 0) is 34.2 Å². The summed E-state index contributed by atoms with van der Waals surface area (Å²) in [6.45, 7) is 0.0290. The topological polar surface area (TPSA) is 78.0 Å². The maximum Gasteiger partial charge on any atom is 0.272 e. The van der Waals surface area contributed by atoms with Crippen molar-refractivity contribution >= 4 is 28.3 Å². The van der Waals surface area contributed by atoms with Crippen LogP contribution in [-0.4, -0.2) is 14.5 Å². The summed E-state index contributed by atoms with van der Waals surface area (Å²) in [5, 5.41) is 10.6. The molecule has 1 aromatic carbocycles. The van der Waals surface area contributed by atoms with Crippen LogP contribution in [0.15, 0.2) is 35.5 Å². The highest BCUT2D eigenvalue weighted by atomic mass is 127. The standard InChI is InChI=1S/C11H7FIN3O3/c12-8-1-7(2-9(3-8)16(18)19)5-15-6-14-4-10(13)11(15)17/h1-4,6H,5H2. The fourth-order valence-electron chi connectivity index (χ4n) is 1.56. The highest BCUT2D eigenvalue weighted by Crippen LogP contribution is 2.16. The zero-order valence-corrected chi connectivity index (χ0v) is 11.6. The number of aromatic nitrogens is 2. The van der Waals surface area contributed by atoms with Gasteiger partial charge in [-0.1, -0.05) is 0 Å². The smallest absolute Gasteiger partial charge is 0.272 e. The maximum atomic E-state index is 13.3. The summed E-state index contributed by atoms with van der Waals surface area (Å²) in [5.41, 5.74) is -0.290. The molecule has 2 rings (SSSR count). The van der Waals surface area contributed by atoms with Crippen molar-refractivity contribution in [2.45, 2.75) is 6.54 Å². The molecule has 19 heavy (non-hydrogen) atoms. The predicted octanol–water partition coefficient (Wildman–Crippen LogP) is 1.94. The number of hydrogen-bond donors (Lipinski definition) is 0. The first-order valence-electron chi connectivity index (χ1n) is 5.11. The second-order valence-electron chi connectivity index (χ2n) is 3.75. The molecule has 0 unspecified atom stereocenters. The van der Waals surface area contributed by atoms with E-state index in [1.807, 2.05) is 22.6 Å². The number of benzene rings is 1. The van der Waals surface area contributed by atoms with Gasteiger partial charge in [0.2, 0.25) is 0 Å². The zero-order valence-electron chi connectivity index (χ0n) is 9.42. The van der Waals surface area contributed by atoms with Crippen molar-refractivity contribution in [3.8, 4) is 0 Å². The summed E-state index contributed by atoms with van der Waals surface area (Å²) in [6.07, 6.45) is 2.72. The third-order valence-electron chi connectivity index (χ3n) is 2.37. The molecule has 6 nitrogen and oxygen atoms in total. The van der Waals surface area contributed by atoms with E-state index in [9.17, 15) is 19.3 Å². The summed E-state index contributed by atoms with van der Waals surface area (Å²) in [4.78, 5) is 25.6. The third-order valence-corrected chi connectivity index (χ3v) is 3.11. The Morgan fingerprint density at radius 2 is 2.16 bits per heavy atom. The number of halogens is 2. The fourth-order valence-corrected chi connectivity index (χ4v) is 2.03. The maximum absolute atomic E-state index is 13.3. The first kappa shape index (κ1) is 13.6. The van der Waals surface area contributed by atoms with E-state index in [-0.39, 0.29) is 17.8 Å². The molecule has 2 aromatic rings. The summed E-state index contributed by atoms with van der Waals surface area (Å²) < 4.78 is 14.9. The molecular weight excluding hydrogens is 368 g/mol. The van der Waals surface area contributed by atoms with E-state index in [0.29, 0.717) is 9.13 Å². The quantitative estimate of drug-likeness (QED) is 0.467. The van der Waals surface area contributed by atoms with Gasteiger partial charge in [0.15, 0.2) is 0 Å². The molecular formula is C11H7FIN3O3. The third kappa shape index (κ3) is 3.13. The van der Waals surface area contributed by atoms with Gasteiger partial charge < -0.3 is 0 Å². The summed E-state index contributed by atoms with van der Waals surface area (Å²) in [7, 11) is 0. The lowest BCUT2D eigenvalue weighted by Crippen LogP contribution is -2.23. The molecule has 0 bridgehead atoms. The van der Waals surface area contributed by atoms with Gasteiger partial charge in [0.05, 0.1) is 27.4 Å². The minimum Gasteiger partial charge on any atom is -0.294 e. The van der Waals surface area contributed by atoms with Crippen molar-refractivity contribution in [3.63, 3.8) is 0 Å². The Morgan fingerprint density at radius 3 is 2.84 bits per heavy atom. The van der Waals surface area contributed by atoms with E-state index in [0.717, 1.165) is 12.1 Å². The van der Waals surface area contributed by atoms with E-state index in [4.69, 9.17) is 0 Å². The number of rotatable bonds is 3. The van der Waals surface area contributed by atoms with Gasteiger partial charge in [-0.3, -0.25) is 19.5 Å². The van der Waals surface area contributed by atoms with Crippen molar-refractivity contribution in [2.24, 2.45) is 0 Å². The van der Waals surface area contributed by atoms with Gasteiger partial charge in [0.25, 0.3) is 11.2 Å². The number of hydrogen-bond acceptors (Lipinski definition) is 4. The largest absolute Gasteiger partial charge is 0.294 e. The predicted molar refractivity (Wildman–Crippen MR) is 73.4 cm³/mol. The molecule has 0 radical (unpaired) electrons. The number of nitro groups is 1. The van der Waals surface area contributed by atoms with E-state index < -0.39 is 10.7 Å². The SMILES string of the molecule is O=c1c(I)cncn1Cc1cc(F)cc([N+](=O)[O-])c1. The van der Waals surface area contributed by atoms with Gasteiger partial charge in [0.1, 0.15) is 5.82 Å². The highest BCUT2D eigenvalue weighted by molar-refractivity contribution is 14.1. The van der Waals surface area contributed by atoms with Crippen LogP contribution in [0.3, 0.4) is 0 Å². The van der Waals surface area contributed by atoms with Crippen LogP contribution < -0.4 is 5.56 Å². The molecule has 1 aromatic heterocycles. The zero-order chi connectivity index (χ0) is 14.0. The molecule has 0 atom stereocenters. The monoisotopic (exact) mass is 375 g/mol. The van der Waals surface area contributed by atoms with Crippen molar-refractivity contribution < 1.29 is 9.31 Å². The van der Waals surface area contributed by atoms with Crippen molar-refractivity contribution in [3.05, 3.63) is 66.1 Å². The van der Waals surface area contributed by atoms with Gasteiger partial charge in [-0.2, -0.15) is 0 Å². The molecule has 0 saturated heterocycles. The second kappa shape index (κ2) is 5.43. The Balaban J connectivity index is 2.41. The Hall–Kier alpha value is -1.84. The lowest BCUT2D eigenvalue weighted by atomic mass is 10.2. The van der Waals surface area contributed by atoms with Gasteiger partial charge in [-0.25, -0.2) is 9.37 Å². The fraction of sp³-hybridized carbons (Fsp3) is 0.0909. The van der Waals surface area contributed by atoms with Crippen molar-refractivity contribution in [1.82, 2.24) is 9.55 Å². The molecule has 0 fully saturated rings. The number of nitrogens with zero attached hydrogens (tertiary/aromatic N) is 3. The molecule has 0 aliphatic rings. The van der Waals surface area contributed by atoms with Crippen LogP contribution >= 0.6 is 22.6 Å². The Kier molecular flexibility index (Phi) is 3.88.